The maximum Gasteiger partial charge on any atom is 0.404 e. The van der Waals surface area contributed by atoms with E-state index in [0.29, 0.717) is 0 Å². The second-order valence-electron chi connectivity index (χ2n) is 5.86. The van der Waals surface area contributed by atoms with Crippen LogP contribution in [0.2, 0.25) is 0 Å². The Labute approximate surface area is 167 Å². The number of hydrogen-bond acceptors (Lipinski definition) is 9. The van der Waals surface area contributed by atoms with Crippen molar-refractivity contribution in [3.8, 4) is 0 Å². The summed E-state index contributed by atoms with van der Waals surface area (Å²) in [6.45, 7) is -0.365. The molecular formula is C16H16N4O8S. The lowest BCUT2D eigenvalue weighted by atomic mass is 9.98. The van der Waals surface area contributed by atoms with Crippen molar-refractivity contribution in [3.05, 3.63) is 35.1 Å². The van der Waals surface area contributed by atoms with Crippen molar-refractivity contribution in [3.63, 3.8) is 0 Å². The Hall–Kier alpha value is -3.48. The van der Waals surface area contributed by atoms with Gasteiger partial charge in [-0.05, 0) is 17.5 Å². The Bertz CT molecular complexity index is 897. The molecule has 3 heterocycles. The predicted molar refractivity (Wildman–Crippen MR) is 97.5 cm³/mol. The van der Waals surface area contributed by atoms with Crippen LogP contribution in [0.25, 0.3) is 0 Å². The number of amides is 3. The van der Waals surface area contributed by atoms with E-state index < -0.39 is 41.3 Å². The lowest BCUT2D eigenvalue weighted by Gasteiger charge is -2.51. The standard InChI is InChI=1S/C16H16N4O8S/c1-26-19-9(8-3-2-4-27-8)12(21)18-10-13(22)20-11(15(23)24)7(5-28-16(17)25)6-29-14(10)20/h2-4,6,10-11,14H,5H2,1H3,(H2,17,25)(H,18,21)(H,23,24)/b19-9+/t10-,11-,14-/m1/s1. The highest BCUT2D eigenvalue weighted by molar-refractivity contribution is 8.02. The lowest BCUT2D eigenvalue weighted by molar-refractivity contribution is -0.160. The number of furan rings is 1. The SMILES string of the molecule is CO/N=C(/C(=O)N[C@@H]1C(=O)N2[C@@H](C(=O)O)C(COC(N)=O)=CS[C@H]12)c1ccco1. The van der Waals surface area contributed by atoms with Crippen LogP contribution in [0.5, 0.6) is 0 Å². The largest absolute Gasteiger partial charge is 0.479 e. The number of ether oxygens (including phenoxy) is 1. The zero-order valence-electron chi connectivity index (χ0n) is 14.9. The number of nitrogens with two attached hydrogens (primary N) is 1. The van der Waals surface area contributed by atoms with Gasteiger partial charge in [-0.25, -0.2) is 9.59 Å². The highest BCUT2D eigenvalue weighted by Crippen LogP contribution is 2.40. The minimum atomic E-state index is -1.33. The van der Waals surface area contributed by atoms with Gasteiger partial charge in [0.1, 0.15) is 25.1 Å². The second kappa shape index (κ2) is 8.26. The van der Waals surface area contributed by atoms with Gasteiger partial charge in [0.05, 0.1) is 6.26 Å². The Morgan fingerprint density at radius 3 is 2.79 bits per heavy atom. The van der Waals surface area contributed by atoms with E-state index in [9.17, 15) is 24.3 Å². The van der Waals surface area contributed by atoms with Crippen LogP contribution in [0, 0.1) is 0 Å². The molecule has 13 heteroatoms. The predicted octanol–water partition coefficient (Wildman–Crippen LogP) is -0.538. The third kappa shape index (κ3) is 3.89. The molecule has 1 aromatic heterocycles. The summed E-state index contributed by atoms with van der Waals surface area (Å²) < 4.78 is 9.78. The summed E-state index contributed by atoms with van der Waals surface area (Å²) in [7, 11) is 1.25. The van der Waals surface area contributed by atoms with Crippen LogP contribution in [0.4, 0.5) is 4.79 Å². The normalized spacial score (nSPS) is 23.4. The highest BCUT2D eigenvalue weighted by Gasteiger charge is 2.56. The van der Waals surface area contributed by atoms with E-state index in [-0.39, 0.29) is 23.7 Å². The van der Waals surface area contributed by atoms with Crippen molar-refractivity contribution in [2.45, 2.75) is 17.5 Å². The molecule has 0 aliphatic carbocycles. The molecule has 29 heavy (non-hydrogen) atoms. The molecule has 3 atom stereocenters. The van der Waals surface area contributed by atoms with E-state index >= 15 is 0 Å². The van der Waals surface area contributed by atoms with Gasteiger partial charge in [-0.3, -0.25) is 9.59 Å². The van der Waals surface area contributed by atoms with Crippen molar-refractivity contribution in [2.75, 3.05) is 13.7 Å². The minimum Gasteiger partial charge on any atom is -0.479 e. The molecule has 12 nitrogen and oxygen atoms in total. The first-order valence-electron chi connectivity index (χ1n) is 8.12. The van der Waals surface area contributed by atoms with Crippen molar-refractivity contribution in [1.82, 2.24) is 10.2 Å². The fraction of sp³-hybridized carbons (Fsp3) is 0.312. The molecule has 0 spiro atoms. The third-order valence-corrected chi connectivity index (χ3v) is 5.34. The van der Waals surface area contributed by atoms with Crippen LogP contribution in [-0.4, -0.2) is 70.8 Å². The number of nitrogens with zero attached hydrogens (tertiary/aromatic N) is 2. The molecule has 0 aromatic carbocycles. The number of carbonyl (C=O) groups excluding carboxylic acids is 3. The Morgan fingerprint density at radius 1 is 1.45 bits per heavy atom. The topological polar surface area (TPSA) is 174 Å². The number of thioether (sulfide) groups is 1. The van der Waals surface area contributed by atoms with Gasteiger partial charge in [0.15, 0.2) is 11.8 Å². The van der Waals surface area contributed by atoms with E-state index in [0.717, 1.165) is 16.7 Å². The first-order chi connectivity index (χ1) is 13.8. The molecule has 154 valence electrons. The summed E-state index contributed by atoms with van der Waals surface area (Å²) in [4.78, 5) is 53.3. The molecule has 4 N–H and O–H groups in total. The third-order valence-electron chi connectivity index (χ3n) is 4.12. The van der Waals surface area contributed by atoms with Gasteiger partial charge in [0.2, 0.25) is 11.6 Å². The zero-order chi connectivity index (χ0) is 21.1. The number of fused-ring (bicyclic) bond motifs is 1. The van der Waals surface area contributed by atoms with Gasteiger partial charge >= 0.3 is 12.1 Å². The van der Waals surface area contributed by atoms with Gasteiger partial charge in [0, 0.05) is 5.57 Å². The number of aliphatic carboxylic acids is 1. The maximum atomic E-state index is 12.6. The average Bonchev–Trinajstić information content (AvgIpc) is 3.21. The lowest BCUT2D eigenvalue weighted by Crippen LogP contribution is -2.74. The number of rotatable bonds is 7. The number of oxime groups is 1. The molecule has 0 radical (unpaired) electrons. The number of carboxylic acid groups (broad SMARTS) is 1. The van der Waals surface area contributed by atoms with Crippen LogP contribution < -0.4 is 11.1 Å². The number of nitrogens with one attached hydrogen (secondary N) is 1. The molecular weight excluding hydrogens is 408 g/mol. The fourth-order valence-electron chi connectivity index (χ4n) is 2.90. The molecule has 3 amide bonds. The summed E-state index contributed by atoms with van der Waals surface area (Å²) in [6, 6.07) is 0.731. The van der Waals surface area contributed by atoms with E-state index in [1.807, 2.05) is 0 Å². The number of primary amides is 1. The first-order valence-corrected chi connectivity index (χ1v) is 9.07. The van der Waals surface area contributed by atoms with E-state index in [2.05, 4.69) is 20.0 Å². The molecule has 1 aromatic rings. The zero-order valence-corrected chi connectivity index (χ0v) is 15.8. The highest BCUT2D eigenvalue weighted by atomic mass is 32.2. The quantitative estimate of drug-likeness (QED) is 0.295. The molecule has 0 unspecified atom stereocenters. The summed E-state index contributed by atoms with van der Waals surface area (Å²) in [5.41, 5.74) is 4.92. The van der Waals surface area contributed by atoms with E-state index in [1.165, 1.54) is 24.8 Å². The van der Waals surface area contributed by atoms with Crippen LogP contribution in [0.3, 0.4) is 0 Å². The van der Waals surface area contributed by atoms with Crippen LogP contribution in [-0.2, 0) is 24.0 Å². The molecule has 1 fully saturated rings. The summed E-state index contributed by atoms with van der Waals surface area (Å²) >= 11 is 1.11. The molecule has 2 aliphatic heterocycles. The summed E-state index contributed by atoms with van der Waals surface area (Å²) in [5.74, 6) is -2.49. The van der Waals surface area contributed by atoms with Crippen molar-refractivity contribution < 1.29 is 38.3 Å². The average molecular weight is 424 g/mol. The van der Waals surface area contributed by atoms with Crippen molar-refractivity contribution in [2.24, 2.45) is 10.9 Å². The van der Waals surface area contributed by atoms with Gasteiger partial charge < -0.3 is 35.0 Å². The van der Waals surface area contributed by atoms with Crippen molar-refractivity contribution in [1.29, 1.82) is 0 Å². The van der Waals surface area contributed by atoms with Crippen molar-refractivity contribution >= 4 is 41.4 Å². The Morgan fingerprint density at radius 2 is 2.21 bits per heavy atom. The van der Waals surface area contributed by atoms with Crippen LogP contribution >= 0.6 is 11.8 Å². The van der Waals surface area contributed by atoms with Gasteiger partial charge in [0.25, 0.3) is 5.91 Å². The van der Waals surface area contributed by atoms with E-state index in [1.54, 1.807) is 6.07 Å². The number of β-lactam (4-membered cyclic amide) rings is 1. The Kier molecular flexibility index (Phi) is 5.77. The Balaban J connectivity index is 1.75. The van der Waals surface area contributed by atoms with Crippen LogP contribution in [0.15, 0.2) is 38.9 Å². The molecule has 2 aliphatic rings. The number of hydrogen-bond donors (Lipinski definition) is 3. The second-order valence-corrected chi connectivity index (χ2v) is 6.86. The first kappa shape index (κ1) is 20.3. The molecule has 3 rings (SSSR count). The summed E-state index contributed by atoms with van der Waals surface area (Å²) in [6.07, 6.45) is 0.281. The van der Waals surface area contributed by atoms with Gasteiger partial charge in [-0.2, -0.15) is 0 Å². The van der Waals surface area contributed by atoms with Gasteiger partial charge in [-0.1, -0.05) is 5.16 Å². The monoisotopic (exact) mass is 424 g/mol. The van der Waals surface area contributed by atoms with E-state index in [4.69, 9.17) is 10.2 Å². The molecule has 1 saturated heterocycles. The van der Waals surface area contributed by atoms with Crippen LogP contribution in [0.1, 0.15) is 5.76 Å². The minimum absolute atomic E-state index is 0.137. The molecule has 0 bridgehead atoms. The smallest absolute Gasteiger partial charge is 0.404 e. The summed E-state index contributed by atoms with van der Waals surface area (Å²) in [5, 5.41) is 16.5. The fourth-order valence-corrected chi connectivity index (χ4v) is 4.10. The number of carbonyl (C=O) groups is 4. The van der Waals surface area contributed by atoms with Gasteiger partial charge in [-0.15, -0.1) is 11.8 Å². The maximum absolute atomic E-state index is 12.6. The molecule has 0 saturated carbocycles. The number of carboxylic acids is 1.